The third kappa shape index (κ3) is 4.43. The van der Waals surface area contributed by atoms with Crippen molar-refractivity contribution in [1.82, 2.24) is 10.6 Å². The van der Waals surface area contributed by atoms with Gasteiger partial charge in [0.2, 0.25) is 0 Å². The lowest BCUT2D eigenvalue weighted by atomic mass is 10.1. The number of halogens is 1. The van der Waals surface area contributed by atoms with E-state index in [2.05, 4.69) is 22.5 Å². The molecule has 0 radical (unpaired) electrons. The summed E-state index contributed by atoms with van der Waals surface area (Å²) in [7, 11) is 1.80. The van der Waals surface area contributed by atoms with Crippen LogP contribution in [0.5, 0.6) is 0 Å². The number of nitrogens with one attached hydrogen (secondary N) is 2. The van der Waals surface area contributed by atoms with Gasteiger partial charge in [-0.1, -0.05) is 42.6 Å². The van der Waals surface area contributed by atoms with E-state index >= 15 is 0 Å². The summed E-state index contributed by atoms with van der Waals surface area (Å²) in [5.74, 6) is 1.78. The van der Waals surface area contributed by atoms with Gasteiger partial charge in [0.1, 0.15) is 0 Å². The van der Waals surface area contributed by atoms with Crippen LogP contribution < -0.4 is 10.6 Å². The fraction of sp³-hybridized carbons (Fsp3) is 0.533. The van der Waals surface area contributed by atoms with Crippen LogP contribution >= 0.6 is 11.6 Å². The number of hydrogen-bond acceptors (Lipinski definition) is 1. The molecule has 1 aliphatic carbocycles. The summed E-state index contributed by atoms with van der Waals surface area (Å²) in [5.41, 5.74) is 1.09. The van der Waals surface area contributed by atoms with Gasteiger partial charge in [0.05, 0.1) is 6.04 Å². The van der Waals surface area contributed by atoms with E-state index in [1.807, 2.05) is 24.3 Å². The number of rotatable bonds is 5. The predicted molar refractivity (Wildman–Crippen MR) is 81.7 cm³/mol. The van der Waals surface area contributed by atoms with Crippen LogP contribution in [-0.4, -0.2) is 19.6 Å². The lowest BCUT2D eigenvalue weighted by Gasteiger charge is -2.19. The Hall–Kier alpha value is -1.22. The molecule has 1 fully saturated rings. The highest BCUT2D eigenvalue weighted by Crippen LogP contribution is 2.31. The Morgan fingerprint density at radius 3 is 2.79 bits per heavy atom. The lowest BCUT2D eigenvalue weighted by Crippen LogP contribution is -2.39. The highest BCUT2D eigenvalue weighted by molar-refractivity contribution is 6.31. The average molecular weight is 280 g/mol. The fourth-order valence-corrected chi connectivity index (χ4v) is 2.40. The summed E-state index contributed by atoms with van der Waals surface area (Å²) < 4.78 is 0. The van der Waals surface area contributed by atoms with Gasteiger partial charge in [-0.05, 0) is 30.9 Å². The molecular formula is C15H22ClN3. The molecule has 0 aromatic heterocycles. The quantitative estimate of drug-likeness (QED) is 0.640. The van der Waals surface area contributed by atoms with Crippen LogP contribution in [0.2, 0.25) is 5.02 Å². The van der Waals surface area contributed by atoms with E-state index in [0.717, 1.165) is 29.0 Å². The normalized spacial score (nSPS) is 17.1. The van der Waals surface area contributed by atoms with Crippen molar-refractivity contribution in [3.05, 3.63) is 34.9 Å². The number of benzene rings is 1. The highest BCUT2D eigenvalue weighted by Gasteiger charge is 2.20. The minimum Gasteiger partial charge on any atom is -0.356 e. The number of nitrogens with zero attached hydrogens (tertiary/aromatic N) is 1. The first-order chi connectivity index (χ1) is 9.20. The first-order valence-electron chi connectivity index (χ1n) is 6.92. The van der Waals surface area contributed by atoms with E-state index in [4.69, 9.17) is 11.6 Å². The smallest absolute Gasteiger partial charge is 0.191 e. The van der Waals surface area contributed by atoms with Crippen LogP contribution in [0.4, 0.5) is 0 Å². The van der Waals surface area contributed by atoms with Crippen molar-refractivity contribution in [2.75, 3.05) is 13.6 Å². The first kappa shape index (κ1) is 14.2. The molecule has 1 atom stereocenters. The van der Waals surface area contributed by atoms with Gasteiger partial charge in [-0.2, -0.15) is 0 Å². The topological polar surface area (TPSA) is 36.4 Å². The second-order valence-electron chi connectivity index (χ2n) is 5.12. The molecule has 0 aliphatic heterocycles. The molecule has 1 aliphatic rings. The van der Waals surface area contributed by atoms with Crippen molar-refractivity contribution in [3.8, 4) is 0 Å². The lowest BCUT2D eigenvalue weighted by molar-refractivity contribution is 0.654. The molecule has 0 heterocycles. The van der Waals surface area contributed by atoms with Gasteiger partial charge in [-0.15, -0.1) is 0 Å². The van der Waals surface area contributed by atoms with Crippen LogP contribution in [0.25, 0.3) is 0 Å². The monoisotopic (exact) mass is 279 g/mol. The molecular weight excluding hydrogens is 258 g/mol. The minimum atomic E-state index is 0.140. The highest BCUT2D eigenvalue weighted by atomic mass is 35.5. The molecule has 19 heavy (non-hydrogen) atoms. The molecule has 1 aromatic carbocycles. The molecule has 0 spiro atoms. The third-order valence-corrected chi connectivity index (χ3v) is 3.83. The minimum absolute atomic E-state index is 0.140. The zero-order chi connectivity index (χ0) is 13.7. The maximum Gasteiger partial charge on any atom is 0.191 e. The zero-order valence-corrected chi connectivity index (χ0v) is 12.4. The molecule has 3 nitrogen and oxygen atoms in total. The molecule has 0 amide bonds. The maximum atomic E-state index is 6.20. The molecule has 0 bridgehead atoms. The van der Waals surface area contributed by atoms with Crippen LogP contribution in [-0.2, 0) is 0 Å². The largest absolute Gasteiger partial charge is 0.356 e. The van der Waals surface area contributed by atoms with Gasteiger partial charge in [-0.25, -0.2) is 0 Å². The van der Waals surface area contributed by atoms with Crippen molar-refractivity contribution in [2.24, 2.45) is 10.9 Å². The summed E-state index contributed by atoms with van der Waals surface area (Å²) in [5, 5.41) is 7.52. The Morgan fingerprint density at radius 1 is 1.42 bits per heavy atom. The molecule has 4 heteroatoms. The second-order valence-corrected chi connectivity index (χ2v) is 5.53. The SMILES string of the molecule is CN=C(NCCC1CC1)NC(C)c1ccccc1Cl. The molecule has 0 saturated heterocycles. The summed E-state index contributed by atoms with van der Waals surface area (Å²) in [4.78, 5) is 4.25. The summed E-state index contributed by atoms with van der Waals surface area (Å²) in [6, 6.07) is 8.04. The Balaban J connectivity index is 1.84. The Morgan fingerprint density at radius 2 is 2.16 bits per heavy atom. The fourth-order valence-electron chi connectivity index (χ4n) is 2.10. The van der Waals surface area contributed by atoms with Gasteiger partial charge in [0.25, 0.3) is 0 Å². The van der Waals surface area contributed by atoms with Gasteiger partial charge in [0, 0.05) is 18.6 Å². The van der Waals surface area contributed by atoms with Crippen molar-refractivity contribution in [3.63, 3.8) is 0 Å². The van der Waals surface area contributed by atoms with Gasteiger partial charge in [-0.3, -0.25) is 4.99 Å². The van der Waals surface area contributed by atoms with Crippen molar-refractivity contribution in [2.45, 2.75) is 32.2 Å². The standard InChI is InChI=1S/C15H22ClN3/c1-11(13-5-3-4-6-14(13)16)19-15(17-2)18-10-9-12-7-8-12/h3-6,11-12H,7-10H2,1-2H3,(H2,17,18,19). The Bertz CT molecular complexity index is 441. The van der Waals surface area contributed by atoms with E-state index in [1.165, 1.54) is 19.3 Å². The summed E-state index contributed by atoms with van der Waals surface area (Å²) in [6.45, 7) is 3.08. The van der Waals surface area contributed by atoms with Crippen molar-refractivity contribution < 1.29 is 0 Å². The number of guanidine groups is 1. The van der Waals surface area contributed by atoms with E-state index in [0.29, 0.717) is 0 Å². The van der Waals surface area contributed by atoms with Crippen molar-refractivity contribution >= 4 is 17.6 Å². The summed E-state index contributed by atoms with van der Waals surface area (Å²) in [6.07, 6.45) is 4.02. The zero-order valence-electron chi connectivity index (χ0n) is 11.6. The number of aliphatic imine (C=N–C) groups is 1. The summed E-state index contributed by atoms with van der Waals surface area (Å²) >= 11 is 6.20. The number of hydrogen-bond donors (Lipinski definition) is 2. The molecule has 2 N–H and O–H groups in total. The average Bonchev–Trinajstić information content (AvgIpc) is 3.22. The molecule has 1 unspecified atom stereocenters. The van der Waals surface area contributed by atoms with Crippen molar-refractivity contribution in [1.29, 1.82) is 0 Å². The first-order valence-corrected chi connectivity index (χ1v) is 7.30. The Labute approximate surface area is 120 Å². The van der Waals surface area contributed by atoms with Crippen LogP contribution in [0, 0.1) is 5.92 Å². The van der Waals surface area contributed by atoms with Gasteiger partial charge in [0.15, 0.2) is 5.96 Å². The third-order valence-electron chi connectivity index (χ3n) is 3.49. The van der Waals surface area contributed by atoms with E-state index in [9.17, 15) is 0 Å². The van der Waals surface area contributed by atoms with Gasteiger partial charge >= 0.3 is 0 Å². The molecule has 1 aromatic rings. The van der Waals surface area contributed by atoms with Crippen LogP contribution in [0.15, 0.2) is 29.3 Å². The van der Waals surface area contributed by atoms with Crippen LogP contribution in [0.3, 0.4) is 0 Å². The molecule has 104 valence electrons. The van der Waals surface area contributed by atoms with E-state index in [-0.39, 0.29) is 6.04 Å². The predicted octanol–water partition coefficient (Wildman–Crippen LogP) is 3.37. The molecule has 2 rings (SSSR count). The Kier molecular flexibility index (Phi) is 5.08. The molecule has 1 saturated carbocycles. The van der Waals surface area contributed by atoms with Gasteiger partial charge < -0.3 is 10.6 Å². The van der Waals surface area contributed by atoms with E-state index in [1.54, 1.807) is 7.05 Å². The van der Waals surface area contributed by atoms with E-state index < -0.39 is 0 Å². The maximum absolute atomic E-state index is 6.20. The second kappa shape index (κ2) is 6.80. The van der Waals surface area contributed by atoms with Crippen LogP contribution in [0.1, 0.15) is 37.8 Å².